The van der Waals surface area contributed by atoms with Gasteiger partial charge in [0.1, 0.15) is 23.6 Å². The van der Waals surface area contributed by atoms with Gasteiger partial charge in [-0.25, -0.2) is 0 Å². The van der Waals surface area contributed by atoms with Gasteiger partial charge in [0.25, 0.3) is 0 Å². The van der Waals surface area contributed by atoms with Gasteiger partial charge in [0.2, 0.25) is 5.91 Å². The summed E-state index contributed by atoms with van der Waals surface area (Å²) in [6, 6.07) is 7.51. The first-order chi connectivity index (χ1) is 9.98. The molecule has 1 atom stereocenters. The SMILES string of the molecule is COc1cccc(OCC(NC(C)C)(C(N)=O)C2CC2)c1. The van der Waals surface area contributed by atoms with E-state index < -0.39 is 5.54 Å². The molecule has 1 aromatic carbocycles. The molecule has 21 heavy (non-hydrogen) atoms. The number of carbonyl (C=O) groups is 1. The molecule has 0 bridgehead atoms. The van der Waals surface area contributed by atoms with Crippen LogP contribution in [0.2, 0.25) is 0 Å². The number of hydrogen-bond donors (Lipinski definition) is 2. The zero-order valence-electron chi connectivity index (χ0n) is 12.9. The molecule has 116 valence electrons. The summed E-state index contributed by atoms with van der Waals surface area (Å²) in [5.41, 5.74) is 4.88. The number of amides is 1. The van der Waals surface area contributed by atoms with Crippen molar-refractivity contribution in [2.75, 3.05) is 13.7 Å². The Balaban J connectivity index is 2.13. The van der Waals surface area contributed by atoms with Crippen LogP contribution in [-0.2, 0) is 4.79 Å². The standard InChI is InChI=1S/C16H24N2O3/c1-11(2)18-16(15(17)19,12-7-8-12)10-21-14-6-4-5-13(9-14)20-3/h4-6,9,11-12,18H,7-8,10H2,1-3H3,(H2,17,19). The molecule has 5 heteroatoms. The number of nitrogens with two attached hydrogens (primary N) is 1. The molecule has 1 fully saturated rings. The predicted octanol–water partition coefficient (Wildman–Crippen LogP) is 1.71. The van der Waals surface area contributed by atoms with Crippen molar-refractivity contribution in [3.05, 3.63) is 24.3 Å². The van der Waals surface area contributed by atoms with Gasteiger partial charge in [-0.05, 0) is 44.7 Å². The minimum absolute atomic E-state index is 0.159. The Morgan fingerprint density at radius 3 is 2.62 bits per heavy atom. The third-order valence-corrected chi connectivity index (χ3v) is 3.77. The summed E-state index contributed by atoms with van der Waals surface area (Å²) in [4.78, 5) is 12.0. The number of methoxy groups -OCH3 is 1. The quantitative estimate of drug-likeness (QED) is 0.765. The van der Waals surface area contributed by atoms with Crippen LogP contribution < -0.4 is 20.5 Å². The third kappa shape index (κ3) is 3.67. The summed E-state index contributed by atoms with van der Waals surface area (Å²) in [5, 5.41) is 3.32. The zero-order valence-corrected chi connectivity index (χ0v) is 12.9. The first-order valence-corrected chi connectivity index (χ1v) is 7.32. The number of benzene rings is 1. The second-order valence-corrected chi connectivity index (χ2v) is 5.88. The zero-order chi connectivity index (χ0) is 15.5. The van der Waals surface area contributed by atoms with Crippen molar-refractivity contribution < 1.29 is 14.3 Å². The van der Waals surface area contributed by atoms with Gasteiger partial charge in [-0.1, -0.05) is 6.07 Å². The number of rotatable bonds is 8. The van der Waals surface area contributed by atoms with Gasteiger partial charge in [0, 0.05) is 12.1 Å². The van der Waals surface area contributed by atoms with Crippen molar-refractivity contribution in [3.63, 3.8) is 0 Å². The third-order valence-electron chi connectivity index (χ3n) is 3.77. The van der Waals surface area contributed by atoms with E-state index in [2.05, 4.69) is 5.32 Å². The fourth-order valence-electron chi connectivity index (χ4n) is 2.60. The fourth-order valence-corrected chi connectivity index (χ4v) is 2.60. The van der Waals surface area contributed by atoms with E-state index in [9.17, 15) is 4.79 Å². The highest BCUT2D eigenvalue weighted by Gasteiger charge is 2.50. The molecule has 0 spiro atoms. The maximum atomic E-state index is 12.0. The molecule has 0 aliphatic heterocycles. The van der Waals surface area contributed by atoms with Crippen molar-refractivity contribution in [1.29, 1.82) is 0 Å². The lowest BCUT2D eigenvalue weighted by Crippen LogP contribution is -2.62. The second kappa shape index (κ2) is 6.35. The average molecular weight is 292 g/mol. The summed E-state index contributed by atoms with van der Waals surface area (Å²) in [6.07, 6.45) is 2.01. The molecule has 1 aliphatic rings. The number of primary amides is 1. The van der Waals surface area contributed by atoms with Gasteiger partial charge < -0.3 is 15.2 Å². The maximum absolute atomic E-state index is 12.0. The molecule has 5 nitrogen and oxygen atoms in total. The summed E-state index contributed by atoms with van der Waals surface area (Å²) < 4.78 is 11.0. The lowest BCUT2D eigenvalue weighted by molar-refractivity contribution is -0.127. The molecular weight excluding hydrogens is 268 g/mol. The summed E-state index contributed by atoms with van der Waals surface area (Å²) >= 11 is 0. The van der Waals surface area contributed by atoms with E-state index in [0.29, 0.717) is 5.75 Å². The molecule has 0 aromatic heterocycles. The van der Waals surface area contributed by atoms with Gasteiger partial charge in [-0.3, -0.25) is 10.1 Å². The maximum Gasteiger partial charge on any atom is 0.241 e. The number of hydrogen-bond acceptors (Lipinski definition) is 4. The molecule has 1 unspecified atom stereocenters. The fraction of sp³-hybridized carbons (Fsp3) is 0.562. The van der Waals surface area contributed by atoms with Crippen molar-refractivity contribution in [3.8, 4) is 11.5 Å². The van der Waals surface area contributed by atoms with Gasteiger partial charge >= 0.3 is 0 Å². The van der Waals surface area contributed by atoms with Crippen molar-refractivity contribution in [1.82, 2.24) is 5.32 Å². The molecule has 0 radical (unpaired) electrons. The van der Waals surface area contributed by atoms with E-state index in [4.69, 9.17) is 15.2 Å². The molecule has 1 aliphatic carbocycles. The molecule has 0 heterocycles. The normalized spacial score (nSPS) is 17.3. The smallest absolute Gasteiger partial charge is 0.241 e. The predicted molar refractivity (Wildman–Crippen MR) is 81.4 cm³/mol. The van der Waals surface area contributed by atoms with E-state index in [1.807, 2.05) is 32.0 Å². The largest absolute Gasteiger partial charge is 0.497 e. The van der Waals surface area contributed by atoms with E-state index in [1.54, 1.807) is 13.2 Å². The second-order valence-electron chi connectivity index (χ2n) is 5.88. The topological polar surface area (TPSA) is 73.6 Å². The summed E-state index contributed by atoms with van der Waals surface area (Å²) in [6.45, 7) is 4.25. The lowest BCUT2D eigenvalue weighted by atomic mass is 9.92. The van der Waals surface area contributed by atoms with E-state index in [0.717, 1.165) is 18.6 Å². The Labute approximate surface area is 125 Å². The van der Waals surface area contributed by atoms with Crippen LogP contribution in [0.3, 0.4) is 0 Å². The Morgan fingerprint density at radius 2 is 2.10 bits per heavy atom. The van der Waals surface area contributed by atoms with Crippen LogP contribution in [0.4, 0.5) is 0 Å². The van der Waals surface area contributed by atoms with E-state index in [-0.39, 0.29) is 24.5 Å². The van der Waals surface area contributed by atoms with Crippen LogP contribution in [0.5, 0.6) is 11.5 Å². The van der Waals surface area contributed by atoms with Gasteiger partial charge in [0.05, 0.1) is 7.11 Å². The molecule has 1 amide bonds. The first kappa shape index (κ1) is 15.6. The Kier molecular flexibility index (Phi) is 4.73. The Morgan fingerprint density at radius 1 is 1.43 bits per heavy atom. The van der Waals surface area contributed by atoms with Crippen LogP contribution >= 0.6 is 0 Å². The van der Waals surface area contributed by atoms with Gasteiger partial charge in [0.15, 0.2) is 0 Å². The molecule has 0 saturated heterocycles. The van der Waals surface area contributed by atoms with Crippen LogP contribution in [0.1, 0.15) is 26.7 Å². The minimum atomic E-state index is -0.794. The minimum Gasteiger partial charge on any atom is -0.497 e. The van der Waals surface area contributed by atoms with Gasteiger partial charge in [-0.2, -0.15) is 0 Å². The molecule has 1 aromatic rings. The highest BCUT2D eigenvalue weighted by molar-refractivity contribution is 5.86. The summed E-state index contributed by atoms with van der Waals surface area (Å²) in [5.74, 6) is 1.30. The van der Waals surface area contributed by atoms with Crippen molar-refractivity contribution in [2.24, 2.45) is 11.7 Å². The highest BCUT2D eigenvalue weighted by Crippen LogP contribution is 2.40. The van der Waals surface area contributed by atoms with E-state index >= 15 is 0 Å². The summed E-state index contributed by atoms with van der Waals surface area (Å²) in [7, 11) is 1.61. The first-order valence-electron chi connectivity index (χ1n) is 7.32. The Bertz CT molecular complexity index is 500. The monoisotopic (exact) mass is 292 g/mol. The lowest BCUT2D eigenvalue weighted by Gasteiger charge is -2.33. The van der Waals surface area contributed by atoms with Crippen LogP contribution in [0, 0.1) is 5.92 Å². The number of ether oxygens (including phenoxy) is 2. The van der Waals surface area contributed by atoms with Crippen LogP contribution in [0.15, 0.2) is 24.3 Å². The number of nitrogens with one attached hydrogen (secondary N) is 1. The Hall–Kier alpha value is -1.75. The molecule has 2 rings (SSSR count). The van der Waals surface area contributed by atoms with Crippen molar-refractivity contribution in [2.45, 2.75) is 38.3 Å². The van der Waals surface area contributed by atoms with E-state index in [1.165, 1.54) is 0 Å². The van der Waals surface area contributed by atoms with Gasteiger partial charge in [-0.15, -0.1) is 0 Å². The molecular formula is C16H24N2O3. The molecule has 3 N–H and O–H groups in total. The highest BCUT2D eigenvalue weighted by atomic mass is 16.5. The van der Waals surface area contributed by atoms with Crippen molar-refractivity contribution >= 4 is 5.91 Å². The average Bonchev–Trinajstić information content (AvgIpc) is 3.28. The molecule has 1 saturated carbocycles. The van der Waals surface area contributed by atoms with Crippen LogP contribution in [-0.4, -0.2) is 31.2 Å². The number of carbonyl (C=O) groups excluding carboxylic acids is 1. The van der Waals surface area contributed by atoms with Crippen LogP contribution in [0.25, 0.3) is 0 Å².